The third-order valence-corrected chi connectivity index (χ3v) is 5.17. The zero-order valence-electron chi connectivity index (χ0n) is 9.59. The van der Waals surface area contributed by atoms with E-state index in [1.54, 1.807) is 6.92 Å². The predicted octanol–water partition coefficient (Wildman–Crippen LogP) is 2.48. The van der Waals surface area contributed by atoms with Crippen molar-refractivity contribution in [2.24, 2.45) is 17.8 Å². The Bertz CT molecular complexity index is 288. The Morgan fingerprint density at radius 3 is 2.93 bits per heavy atom. The molecule has 0 spiro atoms. The summed E-state index contributed by atoms with van der Waals surface area (Å²) in [6.07, 6.45) is 9.45. The van der Waals surface area contributed by atoms with Gasteiger partial charge in [-0.15, -0.1) is 0 Å². The van der Waals surface area contributed by atoms with Crippen LogP contribution >= 0.6 is 0 Å². The third kappa shape index (κ3) is 1.41. The molecular weight excluding hydrogens is 186 g/mol. The van der Waals surface area contributed by atoms with Gasteiger partial charge in [0.25, 0.3) is 0 Å². The summed E-state index contributed by atoms with van der Waals surface area (Å²) in [6, 6.07) is 0. The number of fused-ring (bicyclic) bond motifs is 6. The van der Waals surface area contributed by atoms with Crippen LogP contribution in [0.15, 0.2) is 0 Å². The summed E-state index contributed by atoms with van der Waals surface area (Å²) in [7, 11) is 0. The van der Waals surface area contributed by atoms with Crippen LogP contribution in [0.2, 0.25) is 0 Å². The van der Waals surface area contributed by atoms with E-state index >= 15 is 0 Å². The van der Waals surface area contributed by atoms with Crippen LogP contribution in [0.5, 0.6) is 0 Å². The predicted molar refractivity (Wildman–Crippen MR) is 59.3 cm³/mol. The lowest BCUT2D eigenvalue weighted by Gasteiger charge is -2.50. The van der Waals surface area contributed by atoms with Crippen molar-refractivity contribution in [1.29, 1.82) is 0 Å². The lowest BCUT2D eigenvalue weighted by Crippen LogP contribution is -2.57. The van der Waals surface area contributed by atoms with Crippen LogP contribution in [0.4, 0.5) is 0 Å². The number of carbonyl (C=O) groups is 1. The fourth-order valence-electron chi connectivity index (χ4n) is 4.64. The van der Waals surface area contributed by atoms with Crippen LogP contribution in [-0.4, -0.2) is 11.4 Å². The summed E-state index contributed by atoms with van der Waals surface area (Å²) in [5.41, 5.74) is 0.210. The standard InChI is InChI=1S/C13H21NO/c1-9(15)14-13-6-2-3-11(8-13)10-4-5-12(13)7-10/h10-12H,2-8H2,1H3,(H,14,15)/t10-,11-,12-,13-/m0/s1. The highest BCUT2D eigenvalue weighted by Crippen LogP contribution is 2.56. The van der Waals surface area contributed by atoms with Gasteiger partial charge in [-0.05, 0) is 49.9 Å². The minimum absolute atomic E-state index is 0.181. The largest absolute Gasteiger partial charge is 0.351 e. The van der Waals surface area contributed by atoms with E-state index in [1.807, 2.05) is 0 Å². The van der Waals surface area contributed by atoms with E-state index in [1.165, 1.54) is 44.9 Å². The fourth-order valence-corrected chi connectivity index (χ4v) is 4.64. The molecule has 0 heterocycles. The van der Waals surface area contributed by atoms with E-state index in [-0.39, 0.29) is 11.4 Å². The van der Waals surface area contributed by atoms with Gasteiger partial charge in [0.1, 0.15) is 0 Å². The zero-order chi connectivity index (χ0) is 10.5. The van der Waals surface area contributed by atoms with Crippen LogP contribution in [-0.2, 0) is 4.79 Å². The first-order valence-corrected chi connectivity index (χ1v) is 6.48. The van der Waals surface area contributed by atoms with Crippen LogP contribution < -0.4 is 5.32 Å². The monoisotopic (exact) mass is 207 g/mol. The molecule has 3 aliphatic carbocycles. The highest BCUT2D eigenvalue weighted by molar-refractivity contribution is 5.74. The van der Waals surface area contributed by atoms with Crippen molar-refractivity contribution in [2.45, 2.75) is 57.4 Å². The lowest BCUT2D eigenvalue weighted by atomic mass is 9.61. The highest BCUT2D eigenvalue weighted by Gasteiger charge is 2.52. The Hall–Kier alpha value is -0.530. The molecular formula is C13H21NO. The first kappa shape index (κ1) is 9.68. The van der Waals surface area contributed by atoms with Gasteiger partial charge in [-0.3, -0.25) is 4.79 Å². The maximum atomic E-state index is 11.4. The molecule has 84 valence electrons. The number of amides is 1. The number of hydrogen-bond donors (Lipinski definition) is 1. The molecule has 0 aromatic rings. The third-order valence-electron chi connectivity index (χ3n) is 5.17. The van der Waals surface area contributed by atoms with Crippen LogP contribution in [0.3, 0.4) is 0 Å². The summed E-state index contributed by atoms with van der Waals surface area (Å²) in [6.45, 7) is 1.68. The van der Waals surface area contributed by atoms with E-state index in [4.69, 9.17) is 0 Å². The number of hydrogen-bond acceptors (Lipinski definition) is 1. The van der Waals surface area contributed by atoms with Crippen LogP contribution in [0, 0.1) is 17.8 Å². The molecule has 1 amide bonds. The molecule has 4 atom stereocenters. The van der Waals surface area contributed by atoms with Gasteiger partial charge in [-0.1, -0.05) is 12.8 Å². The normalized spacial score (nSPS) is 47.7. The first-order valence-electron chi connectivity index (χ1n) is 6.48. The summed E-state index contributed by atoms with van der Waals surface area (Å²) >= 11 is 0. The van der Waals surface area contributed by atoms with Gasteiger partial charge in [0, 0.05) is 12.5 Å². The topological polar surface area (TPSA) is 29.1 Å². The van der Waals surface area contributed by atoms with E-state index < -0.39 is 0 Å². The highest BCUT2D eigenvalue weighted by atomic mass is 16.1. The van der Waals surface area contributed by atoms with Gasteiger partial charge in [-0.2, -0.15) is 0 Å². The molecule has 0 radical (unpaired) electrons. The van der Waals surface area contributed by atoms with Crippen molar-refractivity contribution < 1.29 is 4.79 Å². The molecule has 2 heteroatoms. The molecule has 3 saturated carbocycles. The van der Waals surface area contributed by atoms with Crippen LogP contribution in [0.25, 0.3) is 0 Å². The molecule has 0 aromatic heterocycles. The Balaban J connectivity index is 1.88. The molecule has 0 saturated heterocycles. The Morgan fingerprint density at radius 2 is 2.13 bits per heavy atom. The van der Waals surface area contributed by atoms with Crippen LogP contribution in [0.1, 0.15) is 51.9 Å². The van der Waals surface area contributed by atoms with Crippen molar-refractivity contribution in [1.82, 2.24) is 5.32 Å². The van der Waals surface area contributed by atoms with Crippen molar-refractivity contribution >= 4 is 5.91 Å². The second kappa shape index (κ2) is 3.23. The lowest BCUT2D eigenvalue weighted by molar-refractivity contribution is -0.123. The Morgan fingerprint density at radius 1 is 1.27 bits per heavy atom. The van der Waals surface area contributed by atoms with Gasteiger partial charge in [0.2, 0.25) is 5.91 Å². The van der Waals surface area contributed by atoms with E-state index in [0.717, 1.165) is 17.8 Å². The smallest absolute Gasteiger partial charge is 0.217 e. The summed E-state index contributed by atoms with van der Waals surface area (Å²) < 4.78 is 0. The van der Waals surface area contributed by atoms with Crippen molar-refractivity contribution in [2.75, 3.05) is 0 Å². The van der Waals surface area contributed by atoms with E-state index in [0.29, 0.717) is 0 Å². The second-order valence-electron chi connectivity index (χ2n) is 5.96. The Labute approximate surface area is 91.8 Å². The molecule has 4 bridgehead atoms. The maximum Gasteiger partial charge on any atom is 0.217 e. The molecule has 0 unspecified atom stereocenters. The SMILES string of the molecule is CC(=O)N[C@@]12CCC[C@@H](C1)[C@H]1CC[C@H]2C1. The minimum Gasteiger partial charge on any atom is -0.351 e. The van der Waals surface area contributed by atoms with Gasteiger partial charge >= 0.3 is 0 Å². The average molecular weight is 207 g/mol. The quantitative estimate of drug-likeness (QED) is 0.703. The molecule has 3 aliphatic rings. The Kier molecular flexibility index (Phi) is 2.08. The summed E-state index contributed by atoms with van der Waals surface area (Å²) in [5, 5.41) is 3.32. The van der Waals surface area contributed by atoms with Crippen molar-refractivity contribution in [3.8, 4) is 0 Å². The molecule has 1 N–H and O–H groups in total. The number of nitrogens with one attached hydrogen (secondary N) is 1. The van der Waals surface area contributed by atoms with E-state index in [2.05, 4.69) is 5.32 Å². The fraction of sp³-hybridized carbons (Fsp3) is 0.923. The zero-order valence-corrected chi connectivity index (χ0v) is 9.59. The van der Waals surface area contributed by atoms with Gasteiger partial charge in [0.05, 0.1) is 0 Å². The first-order chi connectivity index (χ1) is 7.20. The van der Waals surface area contributed by atoms with Gasteiger partial charge in [-0.25, -0.2) is 0 Å². The summed E-state index contributed by atoms with van der Waals surface area (Å²) in [4.78, 5) is 11.4. The molecule has 3 rings (SSSR count). The minimum atomic E-state index is 0.181. The second-order valence-corrected chi connectivity index (χ2v) is 5.96. The summed E-state index contributed by atoms with van der Waals surface area (Å²) in [5.74, 6) is 2.89. The maximum absolute atomic E-state index is 11.4. The van der Waals surface area contributed by atoms with Gasteiger partial charge < -0.3 is 5.32 Å². The number of rotatable bonds is 1. The van der Waals surface area contributed by atoms with E-state index in [9.17, 15) is 4.79 Å². The average Bonchev–Trinajstić information content (AvgIpc) is 2.62. The molecule has 15 heavy (non-hydrogen) atoms. The molecule has 0 aliphatic heterocycles. The van der Waals surface area contributed by atoms with Gasteiger partial charge in [0.15, 0.2) is 0 Å². The van der Waals surface area contributed by atoms with Crippen molar-refractivity contribution in [3.63, 3.8) is 0 Å². The molecule has 0 aromatic carbocycles. The van der Waals surface area contributed by atoms with Crippen molar-refractivity contribution in [3.05, 3.63) is 0 Å². The molecule has 3 fully saturated rings. The number of carbonyl (C=O) groups excluding carboxylic acids is 1. The molecule has 2 nitrogen and oxygen atoms in total.